The lowest BCUT2D eigenvalue weighted by Crippen LogP contribution is -2.46. The monoisotopic (exact) mass is 373 g/mol. The van der Waals surface area contributed by atoms with Gasteiger partial charge in [-0.2, -0.15) is 0 Å². The first-order valence-electron chi connectivity index (χ1n) is 8.33. The molecular weight excluding hydrogens is 346 g/mol. The van der Waals surface area contributed by atoms with E-state index in [9.17, 15) is 0 Å². The molecule has 0 aliphatic carbocycles. The molecule has 2 rings (SSSR count). The van der Waals surface area contributed by atoms with Crippen LogP contribution in [0, 0.1) is 0 Å². The molecule has 0 atom stereocenters. The Bertz CT molecular complexity index is 350. The summed E-state index contributed by atoms with van der Waals surface area (Å²) in [5.41, 5.74) is 0. The fourth-order valence-corrected chi connectivity index (χ4v) is 3.94. The van der Waals surface area contributed by atoms with Crippen LogP contribution in [0.15, 0.2) is 11.6 Å². The number of alkyl halides is 1. The van der Waals surface area contributed by atoms with Crippen LogP contribution in [0.1, 0.15) is 44.9 Å². The van der Waals surface area contributed by atoms with E-state index in [1.165, 1.54) is 75.0 Å². The van der Waals surface area contributed by atoms with Crippen LogP contribution < -0.4 is 4.90 Å². The van der Waals surface area contributed by atoms with Crippen LogP contribution >= 0.6 is 27.3 Å². The van der Waals surface area contributed by atoms with Crippen molar-refractivity contribution in [1.29, 1.82) is 0 Å². The van der Waals surface area contributed by atoms with E-state index in [4.69, 9.17) is 0 Å². The third kappa shape index (κ3) is 6.66. The lowest BCUT2D eigenvalue weighted by atomic mass is 10.1. The van der Waals surface area contributed by atoms with Gasteiger partial charge >= 0.3 is 0 Å². The average molecular weight is 374 g/mol. The molecule has 0 N–H and O–H groups in total. The molecule has 1 saturated heterocycles. The fraction of sp³-hybridized carbons (Fsp3) is 0.812. The minimum atomic E-state index is 1.14. The van der Waals surface area contributed by atoms with Crippen molar-refractivity contribution in [2.75, 3.05) is 43.0 Å². The predicted molar refractivity (Wildman–Crippen MR) is 96.9 cm³/mol. The standard InChI is InChI=1S/C16H28BrN3S/c17-8-6-4-2-1-3-5-7-10-19-11-13-20(14-12-19)16-18-9-15-21-16/h9,15H,1-8,10-14H2. The van der Waals surface area contributed by atoms with Gasteiger partial charge in [-0.1, -0.05) is 48.0 Å². The number of thiazole rings is 1. The molecule has 2 heterocycles. The SMILES string of the molecule is BrCCCCCCCCCN1CCN(c2nccs2)CC1. The topological polar surface area (TPSA) is 19.4 Å². The summed E-state index contributed by atoms with van der Waals surface area (Å²) in [6, 6.07) is 0. The van der Waals surface area contributed by atoms with Gasteiger partial charge in [0.15, 0.2) is 5.13 Å². The summed E-state index contributed by atoms with van der Waals surface area (Å²) in [5.74, 6) is 0. The predicted octanol–water partition coefficient (Wildman–Crippen LogP) is 4.39. The molecule has 0 saturated carbocycles. The molecule has 3 nitrogen and oxygen atoms in total. The molecule has 0 aromatic carbocycles. The summed E-state index contributed by atoms with van der Waals surface area (Å²) in [5, 5.41) is 4.43. The van der Waals surface area contributed by atoms with Gasteiger partial charge in [-0.3, -0.25) is 4.90 Å². The van der Waals surface area contributed by atoms with Gasteiger partial charge < -0.3 is 4.90 Å². The van der Waals surface area contributed by atoms with Gasteiger partial charge in [0.05, 0.1) is 0 Å². The van der Waals surface area contributed by atoms with E-state index in [1.807, 2.05) is 6.20 Å². The van der Waals surface area contributed by atoms with Gasteiger partial charge in [-0.05, 0) is 19.4 Å². The summed E-state index contributed by atoms with van der Waals surface area (Å²) in [6.07, 6.45) is 11.7. The van der Waals surface area contributed by atoms with Crippen molar-refractivity contribution in [3.8, 4) is 0 Å². The lowest BCUT2D eigenvalue weighted by Gasteiger charge is -2.34. The number of unbranched alkanes of at least 4 members (excludes halogenated alkanes) is 6. The molecule has 0 radical (unpaired) electrons. The molecule has 0 amide bonds. The highest BCUT2D eigenvalue weighted by molar-refractivity contribution is 9.09. The Morgan fingerprint density at radius 1 is 0.952 bits per heavy atom. The summed E-state index contributed by atoms with van der Waals surface area (Å²) in [7, 11) is 0. The van der Waals surface area contributed by atoms with Crippen LogP contribution in [0.2, 0.25) is 0 Å². The highest BCUT2D eigenvalue weighted by atomic mass is 79.9. The summed E-state index contributed by atoms with van der Waals surface area (Å²) in [4.78, 5) is 9.45. The first-order chi connectivity index (χ1) is 10.4. The van der Waals surface area contributed by atoms with Crippen LogP contribution in [-0.4, -0.2) is 47.9 Å². The van der Waals surface area contributed by atoms with Crippen molar-refractivity contribution in [3.05, 3.63) is 11.6 Å². The number of aromatic nitrogens is 1. The number of halogens is 1. The maximum Gasteiger partial charge on any atom is 0.185 e. The van der Waals surface area contributed by atoms with Crippen molar-refractivity contribution >= 4 is 32.4 Å². The Labute approximate surface area is 141 Å². The highest BCUT2D eigenvalue weighted by Crippen LogP contribution is 2.19. The Kier molecular flexibility index (Phi) is 8.67. The Morgan fingerprint density at radius 2 is 1.62 bits per heavy atom. The second kappa shape index (κ2) is 10.6. The molecule has 120 valence electrons. The van der Waals surface area contributed by atoms with Crippen LogP contribution in [0.25, 0.3) is 0 Å². The van der Waals surface area contributed by atoms with Gasteiger partial charge in [0, 0.05) is 43.1 Å². The number of hydrogen-bond donors (Lipinski definition) is 0. The molecular formula is C16H28BrN3S. The van der Waals surface area contributed by atoms with Gasteiger partial charge in [-0.15, -0.1) is 11.3 Å². The normalized spacial score (nSPS) is 16.5. The van der Waals surface area contributed by atoms with E-state index in [1.54, 1.807) is 11.3 Å². The number of hydrogen-bond acceptors (Lipinski definition) is 4. The minimum Gasteiger partial charge on any atom is -0.346 e. The maximum absolute atomic E-state index is 4.41. The third-order valence-corrected chi connectivity index (χ3v) is 5.56. The van der Waals surface area contributed by atoms with Crippen LogP contribution in [0.4, 0.5) is 5.13 Å². The Hall–Kier alpha value is -0.130. The summed E-state index contributed by atoms with van der Waals surface area (Å²) in [6.45, 7) is 5.96. The van der Waals surface area contributed by atoms with E-state index in [2.05, 4.69) is 36.1 Å². The largest absolute Gasteiger partial charge is 0.346 e. The van der Waals surface area contributed by atoms with Crippen molar-refractivity contribution in [1.82, 2.24) is 9.88 Å². The first-order valence-corrected chi connectivity index (χ1v) is 10.3. The van der Waals surface area contributed by atoms with E-state index in [0.29, 0.717) is 0 Å². The molecule has 0 bridgehead atoms. The molecule has 1 aromatic heterocycles. The zero-order valence-electron chi connectivity index (χ0n) is 13.0. The van der Waals surface area contributed by atoms with Gasteiger partial charge in [0.25, 0.3) is 0 Å². The molecule has 21 heavy (non-hydrogen) atoms. The van der Waals surface area contributed by atoms with Crippen LogP contribution in [0.3, 0.4) is 0 Å². The lowest BCUT2D eigenvalue weighted by molar-refractivity contribution is 0.252. The highest BCUT2D eigenvalue weighted by Gasteiger charge is 2.17. The van der Waals surface area contributed by atoms with Crippen molar-refractivity contribution < 1.29 is 0 Å². The van der Waals surface area contributed by atoms with E-state index < -0.39 is 0 Å². The second-order valence-corrected chi connectivity index (χ2v) is 7.47. The number of piperazine rings is 1. The Balaban J connectivity index is 1.46. The van der Waals surface area contributed by atoms with Crippen molar-refractivity contribution in [2.45, 2.75) is 44.9 Å². The van der Waals surface area contributed by atoms with E-state index >= 15 is 0 Å². The van der Waals surface area contributed by atoms with Crippen LogP contribution in [-0.2, 0) is 0 Å². The summed E-state index contributed by atoms with van der Waals surface area (Å²) < 4.78 is 0. The summed E-state index contributed by atoms with van der Waals surface area (Å²) >= 11 is 5.25. The molecule has 0 unspecified atom stereocenters. The molecule has 1 fully saturated rings. The van der Waals surface area contributed by atoms with Gasteiger partial charge in [0.2, 0.25) is 0 Å². The molecule has 0 spiro atoms. The average Bonchev–Trinajstić information content (AvgIpc) is 3.05. The van der Waals surface area contributed by atoms with E-state index in [-0.39, 0.29) is 0 Å². The quantitative estimate of drug-likeness (QED) is 0.447. The smallest absolute Gasteiger partial charge is 0.185 e. The van der Waals surface area contributed by atoms with Crippen molar-refractivity contribution in [2.24, 2.45) is 0 Å². The molecule has 1 aliphatic rings. The maximum atomic E-state index is 4.41. The van der Waals surface area contributed by atoms with Gasteiger partial charge in [-0.25, -0.2) is 4.98 Å². The molecule has 1 aromatic rings. The molecule has 1 aliphatic heterocycles. The number of anilines is 1. The zero-order valence-corrected chi connectivity index (χ0v) is 15.4. The third-order valence-electron chi connectivity index (χ3n) is 4.17. The fourth-order valence-electron chi connectivity index (χ4n) is 2.85. The number of nitrogens with zero attached hydrogens (tertiary/aromatic N) is 3. The van der Waals surface area contributed by atoms with Crippen LogP contribution in [0.5, 0.6) is 0 Å². The zero-order chi connectivity index (χ0) is 14.8. The minimum absolute atomic E-state index is 1.14. The van der Waals surface area contributed by atoms with Crippen molar-refractivity contribution in [3.63, 3.8) is 0 Å². The van der Waals surface area contributed by atoms with E-state index in [0.717, 1.165) is 13.1 Å². The first kappa shape index (κ1) is 17.2. The second-order valence-electron chi connectivity index (χ2n) is 5.81. The van der Waals surface area contributed by atoms with Gasteiger partial charge in [0.1, 0.15) is 0 Å². The Morgan fingerprint density at radius 3 is 2.24 bits per heavy atom. The number of rotatable bonds is 10. The molecule has 5 heteroatoms.